The van der Waals surface area contributed by atoms with Crippen LogP contribution in [0.1, 0.15) is 16.1 Å². The van der Waals surface area contributed by atoms with Gasteiger partial charge in [0.15, 0.2) is 25.4 Å². The zero-order valence-electron chi connectivity index (χ0n) is 14.5. The largest absolute Gasteiger partial charge is 0.476 e. The second-order valence-corrected chi connectivity index (χ2v) is 10.4. The highest BCUT2D eigenvalue weighted by atomic mass is 32.2. The van der Waals surface area contributed by atoms with Gasteiger partial charge in [-0.3, -0.25) is 0 Å². The molecule has 2 aromatic carbocycles. The Labute approximate surface area is 160 Å². The average molecular weight is 418 g/mol. The van der Waals surface area contributed by atoms with Gasteiger partial charge in [0.2, 0.25) is 0 Å². The van der Waals surface area contributed by atoms with Crippen LogP contribution in [0.2, 0.25) is 0 Å². The molecule has 1 aliphatic rings. The molecule has 1 aliphatic heterocycles. The summed E-state index contributed by atoms with van der Waals surface area (Å²) in [7, 11) is -7.10. The van der Waals surface area contributed by atoms with Gasteiger partial charge in [0.05, 0.1) is 26.9 Å². The second-order valence-electron chi connectivity index (χ2n) is 6.41. The quantitative estimate of drug-likeness (QED) is 0.689. The van der Waals surface area contributed by atoms with Gasteiger partial charge in [-0.25, -0.2) is 26.3 Å². The molecule has 4 rings (SSSR count). The number of carboxylic acids is 1. The minimum Gasteiger partial charge on any atom is -0.476 e. The van der Waals surface area contributed by atoms with Crippen LogP contribution in [0, 0.1) is 0 Å². The number of nitrogens with zero attached hydrogens (tertiary/aromatic N) is 2. The van der Waals surface area contributed by atoms with E-state index in [0.29, 0.717) is 16.9 Å². The van der Waals surface area contributed by atoms with E-state index in [0.717, 1.165) is 6.26 Å². The van der Waals surface area contributed by atoms with E-state index in [9.17, 15) is 26.7 Å². The minimum absolute atomic E-state index is 0.105. The van der Waals surface area contributed by atoms with Crippen LogP contribution in [0.25, 0.3) is 16.9 Å². The van der Waals surface area contributed by atoms with Gasteiger partial charge in [0, 0.05) is 17.4 Å². The SMILES string of the molecule is CS(=O)(=O)c1ccc(-n2nc(C(=O)O)c3c2-c2ccccc2S(=O)(=O)C3)cc1. The van der Waals surface area contributed by atoms with Crippen molar-refractivity contribution in [3.05, 3.63) is 59.8 Å². The number of hydrogen-bond acceptors (Lipinski definition) is 6. The maximum atomic E-state index is 12.6. The number of aromatic nitrogens is 2. The van der Waals surface area contributed by atoms with Crippen LogP contribution in [0.3, 0.4) is 0 Å². The average Bonchev–Trinajstić information content (AvgIpc) is 3.00. The highest BCUT2D eigenvalue weighted by molar-refractivity contribution is 7.91. The molecule has 0 spiro atoms. The molecule has 28 heavy (non-hydrogen) atoms. The van der Waals surface area contributed by atoms with Crippen LogP contribution in [0.4, 0.5) is 0 Å². The van der Waals surface area contributed by atoms with E-state index in [1.807, 2.05) is 0 Å². The van der Waals surface area contributed by atoms with Crippen molar-refractivity contribution in [1.29, 1.82) is 0 Å². The first-order chi connectivity index (χ1) is 13.1. The molecule has 1 aromatic heterocycles. The first-order valence-electron chi connectivity index (χ1n) is 8.07. The Bertz CT molecular complexity index is 1340. The molecule has 0 unspecified atom stereocenters. The maximum absolute atomic E-state index is 12.6. The molecule has 0 saturated heterocycles. The van der Waals surface area contributed by atoms with Crippen LogP contribution < -0.4 is 0 Å². The lowest BCUT2D eigenvalue weighted by atomic mass is 10.1. The van der Waals surface area contributed by atoms with Crippen molar-refractivity contribution < 1.29 is 26.7 Å². The molecule has 0 bridgehead atoms. The van der Waals surface area contributed by atoms with Crippen molar-refractivity contribution in [3.63, 3.8) is 0 Å². The number of carbonyl (C=O) groups is 1. The van der Waals surface area contributed by atoms with Gasteiger partial charge in [0.25, 0.3) is 0 Å². The van der Waals surface area contributed by atoms with Crippen molar-refractivity contribution in [2.24, 2.45) is 0 Å². The molecular formula is C18H14N2O6S2. The number of aromatic carboxylic acids is 1. The zero-order valence-corrected chi connectivity index (χ0v) is 16.2. The Kier molecular flexibility index (Phi) is 3.95. The van der Waals surface area contributed by atoms with Crippen molar-refractivity contribution in [1.82, 2.24) is 9.78 Å². The summed E-state index contributed by atoms with van der Waals surface area (Å²) in [5.74, 6) is -1.81. The fourth-order valence-electron chi connectivity index (χ4n) is 3.26. The molecule has 1 N–H and O–H groups in total. The highest BCUT2D eigenvalue weighted by Crippen LogP contribution is 2.40. The van der Waals surface area contributed by atoms with E-state index >= 15 is 0 Å². The molecule has 0 amide bonds. The molecule has 0 saturated carbocycles. The molecule has 144 valence electrons. The summed E-state index contributed by atoms with van der Waals surface area (Å²) in [6.45, 7) is 0. The van der Waals surface area contributed by atoms with E-state index in [1.165, 1.54) is 35.0 Å². The molecule has 8 nitrogen and oxygen atoms in total. The number of carboxylic acid groups (broad SMARTS) is 1. The van der Waals surface area contributed by atoms with Crippen molar-refractivity contribution in [2.75, 3.05) is 6.26 Å². The monoisotopic (exact) mass is 418 g/mol. The lowest BCUT2D eigenvalue weighted by molar-refractivity contribution is 0.0689. The van der Waals surface area contributed by atoms with E-state index < -0.39 is 31.4 Å². The lowest BCUT2D eigenvalue weighted by Gasteiger charge is -2.18. The third kappa shape index (κ3) is 2.81. The molecule has 0 radical (unpaired) electrons. The van der Waals surface area contributed by atoms with Gasteiger partial charge in [-0.15, -0.1) is 0 Å². The second kappa shape index (κ2) is 6.01. The third-order valence-electron chi connectivity index (χ3n) is 4.51. The normalized spacial score (nSPS) is 14.9. The topological polar surface area (TPSA) is 123 Å². The molecule has 0 fully saturated rings. The number of fused-ring (bicyclic) bond motifs is 3. The Morgan fingerprint density at radius 1 is 1.11 bits per heavy atom. The van der Waals surface area contributed by atoms with Crippen molar-refractivity contribution in [2.45, 2.75) is 15.5 Å². The predicted octanol–water partition coefficient (Wildman–Crippen LogP) is 1.93. The molecule has 3 aromatic rings. The molecule has 0 atom stereocenters. The van der Waals surface area contributed by atoms with Gasteiger partial charge in [0.1, 0.15) is 0 Å². The minimum atomic E-state index is -3.70. The number of benzene rings is 2. The third-order valence-corrected chi connectivity index (χ3v) is 7.33. The first-order valence-corrected chi connectivity index (χ1v) is 11.6. The molecule has 10 heteroatoms. The Balaban J connectivity index is 2.02. The summed E-state index contributed by atoms with van der Waals surface area (Å²) in [6.07, 6.45) is 1.08. The van der Waals surface area contributed by atoms with Gasteiger partial charge in [-0.1, -0.05) is 18.2 Å². The van der Waals surface area contributed by atoms with Gasteiger partial charge >= 0.3 is 5.97 Å². The standard InChI is InChI=1S/C18H14N2O6S2/c1-27(23,24)12-8-6-11(7-9-12)20-17-13-4-2-3-5-15(13)28(25,26)10-14(17)16(19-20)18(21)22/h2-9H,10H2,1H3,(H,21,22). The van der Waals surface area contributed by atoms with Crippen LogP contribution in [-0.2, 0) is 25.4 Å². The maximum Gasteiger partial charge on any atom is 0.356 e. The summed E-state index contributed by atoms with van der Waals surface area (Å²) in [6, 6.07) is 12.1. The van der Waals surface area contributed by atoms with E-state index in [-0.39, 0.29) is 21.0 Å². The van der Waals surface area contributed by atoms with Crippen molar-refractivity contribution in [3.8, 4) is 16.9 Å². The zero-order chi connectivity index (χ0) is 20.3. The lowest BCUT2D eigenvalue weighted by Crippen LogP contribution is -2.15. The Morgan fingerprint density at radius 2 is 1.75 bits per heavy atom. The summed E-state index contributed by atoms with van der Waals surface area (Å²) in [5.41, 5.74) is 0.912. The van der Waals surface area contributed by atoms with Crippen LogP contribution in [0.5, 0.6) is 0 Å². The number of sulfone groups is 2. The van der Waals surface area contributed by atoms with Crippen LogP contribution in [-0.4, -0.2) is 43.9 Å². The molecule has 0 aliphatic carbocycles. The summed E-state index contributed by atoms with van der Waals surface area (Å²) < 4.78 is 49.9. The van der Waals surface area contributed by atoms with Gasteiger partial charge < -0.3 is 5.11 Å². The molecule has 2 heterocycles. The number of hydrogen-bond donors (Lipinski definition) is 1. The Hall–Kier alpha value is -2.98. The van der Waals surface area contributed by atoms with E-state index in [4.69, 9.17) is 0 Å². The summed E-state index contributed by atoms with van der Waals surface area (Å²) in [5, 5.41) is 13.6. The summed E-state index contributed by atoms with van der Waals surface area (Å²) in [4.78, 5) is 11.9. The first kappa shape index (κ1) is 18.4. The van der Waals surface area contributed by atoms with Crippen molar-refractivity contribution >= 4 is 25.6 Å². The van der Waals surface area contributed by atoms with Gasteiger partial charge in [-0.2, -0.15) is 5.10 Å². The highest BCUT2D eigenvalue weighted by Gasteiger charge is 2.35. The van der Waals surface area contributed by atoms with E-state index in [1.54, 1.807) is 18.2 Å². The predicted molar refractivity (Wildman–Crippen MR) is 100.0 cm³/mol. The smallest absolute Gasteiger partial charge is 0.356 e. The number of rotatable bonds is 3. The fraction of sp³-hybridized carbons (Fsp3) is 0.111. The van der Waals surface area contributed by atoms with E-state index in [2.05, 4.69) is 5.10 Å². The fourth-order valence-corrected chi connectivity index (χ4v) is 5.48. The van der Waals surface area contributed by atoms with Gasteiger partial charge in [-0.05, 0) is 30.3 Å². The van der Waals surface area contributed by atoms with Crippen LogP contribution in [0.15, 0.2) is 58.3 Å². The Morgan fingerprint density at radius 3 is 2.36 bits per heavy atom. The van der Waals surface area contributed by atoms with Crippen LogP contribution >= 0.6 is 0 Å². The molecular weight excluding hydrogens is 404 g/mol. The summed E-state index contributed by atoms with van der Waals surface area (Å²) >= 11 is 0.